The molecule has 2 aromatic rings. The van der Waals surface area contributed by atoms with Crippen LogP contribution < -0.4 is 0 Å². The highest BCUT2D eigenvalue weighted by Gasteiger charge is 2.35. The number of amides is 2. The van der Waals surface area contributed by atoms with Crippen LogP contribution in [0.15, 0.2) is 46.0 Å². The van der Waals surface area contributed by atoms with Crippen molar-refractivity contribution in [1.82, 2.24) is 14.1 Å². The topological polar surface area (TPSA) is 78.0 Å². The number of rotatable bonds is 4. The first-order valence-electron chi connectivity index (χ1n) is 10.6. The van der Waals surface area contributed by atoms with Crippen LogP contribution >= 0.6 is 11.3 Å². The second-order valence-electron chi connectivity index (χ2n) is 8.04. The average Bonchev–Trinajstić information content (AvgIpc) is 3.35. The van der Waals surface area contributed by atoms with Crippen LogP contribution in [0.4, 0.5) is 0 Å². The van der Waals surface area contributed by atoms with Crippen LogP contribution in [0.1, 0.15) is 28.8 Å². The van der Waals surface area contributed by atoms with Gasteiger partial charge in [-0.25, -0.2) is 8.42 Å². The molecule has 3 heterocycles. The maximum Gasteiger partial charge on any atom is 0.254 e. The van der Waals surface area contributed by atoms with E-state index in [4.69, 9.17) is 0 Å². The molecule has 31 heavy (non-hydrogen) atoms. The molecule has 2 fully saturated rings. The lowest BCUT2D eigenvalue weighted by atomic mass is 9.94. The molecule has 0 bridgehead atoms. The predicted molar refractivity (Wildman–Crippen MR) is 119 cm³/mol. The van der Waals surface area contributed by atoms with E-state index in [9.17, 15) is 18.0 Å². The van der Waals surface area contributed by atoms with Crippen LogP contribution in [0.3, 0.4) is 0 Å². The van der Waals surface area contributed by atoms with E-state index in [2.05, 4.69) is 0 Å². The third-order valence-electron chi connectivity index (χ3n) is 6.15. The summed E-state index contributed by atoms with van der Waals surface area (Å²) < 4.78 is 27.1. The van der Waals surface area contributed by atoms with E-state index in [-0.39, 0.29) is 17.7 Å². The summed E-state index contributed by atoms with van der Waals surface area (Å²) >= 11 is 1.21. The zero-order valence-electron chi connectivity index (χ0n) is 17.6. The molecule has 166 valence electrons. The zero-order chi connectivity index (χ0) is 22.0. The minimum atomic E-state index is -3.47. The van der Waals surface area contributed by atoms with E-state index in [1.54, 1.807) is 22.4 Å². The fraction of sp³-hybridized carbons (Fsp3) is 0.455. The van der Waals surface area contributed by atoms with Crippen LogP contribution in [0.2, 0.25) is 0 Å². The highest BCUT2D eigenvalue weighted by molar-refractivity contribution is 7.91. The molecule has 9 heteroatoms. The molecule has 1 aromatic carbocycles. The average molecular weight is 462 g/mol. The lowest BCUT2D eigenvalue weighted by molar-refractivity contribution is -0.138. The third-order valence-corrected chi connectivity index (χ3v) is 9.42. The van der Waals surface area contributed by atoms with Gasteiger partial charge in [0.15, 0.2) is 0 Å². The first-order chi connectivity index (χ1) is 14.9. The quantitative estimate of drug-likeness (QED) is 0.701. The lowest BCUT2D eigenvalue weighted by Gasteiger charge is -2.38. The Morgan fingerprint density at radius 2 is 1.58 bits per heavy atom. The van der Waals surface area contributed by atoms with E-state index < -0.39 is 10.0 Å². The molecule has 0 saturated carbocycles. The van der Waals surface area contributed by atoms with E-state index >= 15 is 0 Å². The number of thiophene rings is 1. The molecule has 1 aromatic heterocycles. The second-order valence-corrected chi connectivity index (χ2v) is 11.2. The van der Waals surface area contributed by atoms with Gasteiger partial charge in [0.05, 0.1) is 0 Å². The largest absolute Gasteiger partial charge is 0.340 e. The Balaban J connectivity index is 1.30. The van der Waals surface area contributed by atoms with Gasteiger partial charge in [-0.15, -0.1) is 11.3 Å². The highest BCUT2D eigenvalue weighted by atomic mass is 32.2. The van der Waals surface area contributed by atoms with Gasteiger partial charge in [-0.05, 0) is 42.8 Å². The van der Waals surface area contributed by atoms with Crippen molar-refractivity contribution in [2.24, 2.45) is 5.92 Å². The smallest absolute Gasteiger partial charge is 0.254 e. The number of piperidine rings is 1. The fourth-order valence-corrected chi connectivity index (χ4v) is 6.82. The van der Waals surface area contributed by atoms with E-state index in [0.717, 1.165) is 11.1 Å². The molecule has 2 amide bonds. The van der Waals surface area contributed by atoms with Gasteiger partial charge in [-0.2, -0.15) is 4.31 Å². The van der Waals surface area contributed by atoms with Crippen molar-refractivity contribution in [1.29, 1.82) is 0 Å². The number of hydrogen-bond acceptors (Lipinski definition) is 5. The first-order valence-corrected chi connectivity index (χ1v) is 12.9. The standard InChI is InChI=1S/C22H27N3O4S2/c1-17-5-2-3-6-19(17)22(27)23-10-8-18(9-11-23)21(26)24-12-14-25(15-13-24)31(28,29)20-7-4-16-30-20/h2-7,16,18H,8-15H2,1H3. The molecular weight excluding hydrogens is 434 g/mol. The van der Waals surface area contributed by atoms with Crippen LogP contribution in [0.25, 0.3) is 0 Å². The van der Waals surface area contributed by atoms with Gasteiger partial charge in [-0.3, -0.25) is 9.59 Å². The van der Waals surface area contributed by atoms with Crippen molar-refractivity contribution in [3.63, 3.8) is 0 Å². The molecule has 2 saturated heterocycles. The number of sulfonamides is 1. The number of hydrogen-bond donors (Lipinski definition) is 0. The van der Waals surface area contributed by atoms with E-state index in [1.807, 2.05) is 36.1 Å². The lowest BCUT2D eigenvalue weighted by Crippen LogP contribution is -2.53. The minimum absolute atomic E-state index is 0.0244. The number of nitrogens with zero attached hydrogens (tertiary/aromatic N) is 3. The van der Waals surface area contributed by atoms with E-state index in [0.29, 0.717) is 56.3 Å². The molecule has 0 atom stereocenters. The SMILES string of the molecule is Cc1ccccc1C(=O)N1CCC(C(=O)N2CCN(S(=O)(=O)c3cccs3)CC2)CC1. The van der Waals surface area contributed by atoms with Crippen molar-refractivity contribution in [2.75, 3.05) is 39.3 Å². The minimum Gasteiger partial charge on any atom is -0.340 e. The van der Waals surface area contributed by atoms with Crippen molar-refractivity contribution in [3.8, 4) is 0 Å². The van der Waals surface area contributed by atoms with Crippen molar-refractivity contribution >= 4 is 33.2 Å². The van der Waals surface area contributed by atoms with Crippen LogP contribution in [0, 0.1) is 12.8 Å². The zero-order valence-corrected chi connectivity index (χ0v) is 19.2. The summed E-state index contributed by atoms with van der Waals surface area (Å²) in [5.41, 5.74) is 1.68. The van der Waals surface area contributed by atoms with Crippen LogP contribution in [0.5, 0.6) is 0 Å². The fourth-order valence-electron chi connectivity index (χ4n) is 4.26. The third kappa shape index (κ3) is 4.53. The summed E-state index contributed by atoms with van der Waals surface area (Å²) in [7, 11) is -3.47. The van der Waals surface area contributed by atoms with Crippen molar-refractivity contribution in [3.05, 3.63) is 52.9 Å². The Hall–Kier alpha value is -2.23. The van der Waals surface area contributed by atoms with Crippen LogP contribution in [-0.2, 0) is 14.8 Å². The summed E-state index contributed by atoms with van der Waals surface area (Å²) in [5, 5.41) is 1.75. The maximum absolute atomic E-state index is 13.0. The van der Waals surface area contributed by atoms with Crippen molar-refractivity contribution < 1.29 is 18.0 Å². The molecular formula is C22H27N3O4S2. The van der Waals surface area contributed by atoms with E-state index in [1.165, 1.54) is 15.6 Å². The summed E-state index contributed by atoms with van der Waals surface area (Å²) in [6, 6.07) is 10.9. The van der Waals surface area contributed by atoms with Gasteiger partial charge < -0.3 is 9.80 Å². The first kappa shape index (κ1) is 22.0. The van der Waals surface area contributed by atoms with Gasteiger partial charge in [0.25, 0.3) is 15.9 Å². The Labute approximate surface area is 187 Å². The maximum atomic E-state index is 13.0. The van der Waals surface area contributed by atoms with Gasteiger partial charge in [0.1, 0.15) is 4.21 Å². The molecule has 0 N–H and O–H groups in total. The number of benzene rings is 1. The molecule has 0 spiro atoms. The monoisotopic (exact) mass is 461 g/mol. The number of aryl methyl sites for hydroxylation is 1. The molecule has 0 aliphatic carbocycles. The Morgan fingerprint density at radius 1 is 0.903 bits per heavy atom. The van der Waals surface area contributed by atoms with Gasteiger partial charge in [-0.1, -0.05) is 24.3 Å². The van der Waals surface area contributed by atoms with Crippen LogP contribution in [-0.4, -0.2) is 73.6 Å². The number of piperazine rings is 1. The summed E-state index contributed by atoms with van der Waals surface area (Å²) in [6.07, 6.45) is 1.29. The molecule has 7 nitrogen and oxygen atoms in total. The predicted octanol–water partition coefficient (Wildman–Crippen LogP) is 2.44. The number of carbonyl (C=O) groups is 2. The van der Waals surface area contributed by atoms with Gasteiger partial charge in [0, 0.05) is 50.7 Å². The normalized spacial score (nSPS) is 18.9. The number of likely N-dealkylation sites (tertiary alicyclic amines) is 1. The Bertz CT molecular complexity index is 1040. The summed E-state index contributed by atoms with van der Waals surface area (Å²) in [4.78, 5) is 29.4. The highest BCUT2D eigenvalue weighted by Crippen LogP contribution is 2.25. The Morgan fingerprint density at radius 3 is 2.19 bits per heavy atom. The number of carbonyl (C=O) groups excluding carboxylic acids is 2. The second kappa shape index (κ2) is 9.10. The molecule has 4 rings (SSSR count). The summed E-state index contributed by atoms with van der Waals surface area (Å²) in [6.45, 7) is 4.51. The van der Waals surface area contributed by atoms with Crippen molar-refractivity contribution in [2.45, 2.75) is 24.0 Å². The van der Waals surface area contributed by atoms with Gasteiger partial charge >= 0.3 is 0 Å². The molecule has 0 unspecified atom stereocenters. The molecule has 0 radical (unpaired) electrons. The molecule has 2 aliphatic rings. The Kier molecular flexibility index (Phi) is 6.45. The molecule has 2 aliphatic heterocycles. The van der Waals surface area contributed by atoms with Gasteiger partial charge in [0.2, 0.25) is 5.91 Å². The summed E-state index contributed by atoms with van der Waals surface area (Å²) in [5.74, 6) is -0.00562.